The lowest BCUT2D eigenvalue weighted by Crippen LogP contribution is -2.32. The van der Waals surface area contributed by atoms with Crippen LogP contribution in [0.5, 0.6) is 0 Å². The zero-order chi connectivity index (χ0) is 12.8. The van der Waals surface area contributed by atoms with E-state index in [4.69, 9.17) is 11.6 Å². The number of carbonyl (C=O) groups excluding carboxylic acids is 2. The quantitative estimate of drug-likeness (QED) is 0.607. The molecule has 0 radical (unpaired) electrons. The molecule has 0 heterocycles. The molecule has 1 aromatic rings. The molecule has 1 amide bonds. The highest BCUT2D eigenvalue weighted by Gasteiger charge is 2.15. The van der Waals surface area contributed by atoms with Gasteiger partial charge in [-0.25, -0.2) is 0 Å². The van der Waals surface area contributed by atoms with E-state index in [0.717, 1.165) is 5.56 Å². The second-order valence-corrected chi connectivity index (χ2v) is 3.84. The van der Waals surface area contributed by atoms with E-state index in [2.05, 4.69) is 4.74 Å². The smallest absolute Gasteiger partial charge is 0.325 e. The van der Waals surface area contributed by atoms with Gasteiger partial charge >= 0.3 is 5.97 Å². The first-order chi connectivity index (χ1) is 8.08. The maximum Gasteiger partial charge on any atom is 0.325 e. The fraction of sp³-hybridized carbons (Fsp3) is 0.333. The Morgan fingerprint density at radius 1 is 1.41 bits per heavy atom. The van der Waals surface area contributed by atoms with Gasteiger partial charge in [0.25, 0.3) is 5.91 Å². The SMILES string of the molecule is COC(=O)CN(C)C(=O)c1cccc(CCl)c1. The summed E-state index contributed by atoms with van der Waals surface area (Å²) in [4.78, 5) is 24.3. The molecule has 0 aliphatic rings. The highest BCUT2D eigenvalue weighted by atomic mass is 35.5. The summed E-state index contributed by atoms with van der Waals surface area (Å²) >= 11 is 5.69. The molecule has 0 spiro atoms. The minimum absolute atomic E-state index is 0.0690. The molecular weight excluding hydrogens is 242 g/mol. The first kappa shape index (κ1) is 13.5. The monoisotopic (exact) mass is 255 g/mol. The lowest BCUT2D eigenvalue weighted by Gasteiger charge is -2.15. The van der Waals surface area contributed by atoms with Gasteiger partial charge in [-0.15, -0.1) is 11.6 Å². The van der Waals surface area contributed by atoms with E-state index in [-0.39, 0.29) is 12.5 Å². The Balaban J connectivity index is 2.77. The number of alkyl halides is 1. The van der Waals surface area contributed by atoms with E-state index in [1.165, 1.54) is 12.0 Å². The zero-order valence-electron chi connectivity index (χ0n) is 9.77. The number of methoxy groups -OCH3 is 1. The number of nitrogens with zero attached hydrogens (tertiary/aromatic N) is 1. The van der Waals surface area contributed by atoms with Crippen molar-refractivity contribution in [3.05, 3.63) is 35.4 Å². The van der Waals surface area contributed by atoms with E-state index < -0.39 is 5.97 Å². The third-order valence-corrected chi connectivity index (χ3v) is 2.58. The van der Waals surface area contributed by atoms with Crippen molar-refractivity contribution in [2.45, 2.75) is 5.88 Å². The number of carbonyl (C=O) groups is 2. The van der Waals surface area contributed by atoms with Crippen LogP contribution in [0, 0.1) is 0 Å². The molecule has 0 unspecified atom stereocenters. The van der Waals surface area contributed by atoms with Gasteiger partial charge in [0, 0.05) is 18.5 Å². The van der Waals surface area contributed by atoms with Crippen LogP contribution in [-0.2, 0) is 15.4 Å². The van der Waals surface area contributed by atoms with Crippen LogP contribution in [0.1, 0.15) is 15.9 Å². The van der Waals surface area contributed by atoms with Crippen molar-refractivity contribution in [1.82, 2.24) is 4.90 Å². The van der Waals surface area contributed by atoms with Crippen molar-refractivity contribution in [3.8, 4) is 0 Å². The van der Waals surface area contributed by atoms with Crippen molar-refractivity contribution < 1.29 is 14.3 Å². The van der Waals surface area contributed by atoms with Crippen molar-refractivity contribution >= 4 is 23.5 Å². The number of ether oxygens (including phenoxy) is 1. The third-order valence-electron chi connectivity index (χ3n) is 2.27. The van der Waals surface area contributed by atoms with E-state index in [0.29, 0.717) is 11.4 Å². The maximum atomic E-state index is 11.9. The molecule has 0 atom stereocenters. The number of esters is 1. The number of hydrogen-bond donors (Lipinski definition) is 0. The number of amides is 1. The molecule has 4 nitrogen and oxygen atoms in total. The lowest BCUT2D eigenvalue weighted by molar-refractivity contribution is -0.141. The van der Waals surface area contributed by atoms with Gasteiger partial charge < -0.3 is 9.64 Å². The van der Waals surface area contributed by atoms with E-state index >= 15 is 0 Å². The zero-order valence-corrected chi connectivity index (χ0v) is 10.5. The molecule has 0 fully saturated rings. The average Bonchev–Trinajstić information content (AvgIpc) is 2.37. The summed E-state index contributed by atoms with van der Waals surface area (Å²) in [6.07, 6.45) is 0. The second kappa shape index (κ2) is 6.25. The summed E-state index contributed by atoms with van der Waals surface area (Å²) in [6, 6.07) is 7.00. The minimum Gasteiger partial charge on any atom is -0.468 e. The molecule has 5 heteroatoms. The fourth-order valence-electron chi connectivity index (χ4n) is 1.34. The van der Waals surface area contributed by atoms with Crippen LogP contribution in [0.15, 0.2) is 24.3 Å². The average molecular weight is 256 g/mol. The van der Waals surface area contributed by atoms with Gasteiger partial charge in [0.2, 0.25) is 0 Å². The molecule has 0 bridgehead atoms. The molecule has 0 aliphatic heterocycles. The van der Waals surface area contributed by atoms with Crippen LogP contribution in [-0.4, -0.2) is 37.5 Å². The van der Waals surface area contributed by atoms with Crippen molar-refractivity contribution in [3.63, 3.8) is 0 Å². The summed E-state index contributed by atoms with van der Waals surface area (Å²) in [5, 5.41) is 0. The molecule has 92 valence electrons. The summed E-state index contributed by atoms with van der Waals surface area (Å²) in [6.45, 7) is -0.0690. The highest BCUT2D eigenvalue weighted by Crippen LogP contribution is 2.09. The maximum absolute atomic E-state index is 11.9. The molecule has 0 saturated heterocycles. The topological polar surface area (TPSA) is 46.6 Å². The van der Waals surface area contributed by atoms with Crippen molar-refractivity contribution in [1.29, 1.82) is 0 Å². The van der Waals surface area contributed by atoms with E-state index in [9.17, 15) is 9.59 Å². The van der Waals surface area contributed by atoms with Crippen LogP contribution in [0.3, 0.4) is 0 Å². The first-order valence-electron chi connectivity index (χ1n) is 5.05. The molecule has 0 saturated carbocycles. The Hall–Kier alpha value is -1.55. The summed E-state index contributed by atoms with van der Waals surface area (Å²) in [5.74, 6) is -0.335. The fourth-order valence-corrected chi connectivity index (χ4v) is 1.50. The van der Waals surface area contributed by atoms with Gasteiger partial charge in [-0.3, -0.25) is 9.59 Å². The standard InChI is InChI=1S/C12H14ClNO3/c1-14(8-11(15)17-2)12(16)10-5-3-4-9(6-10)7-13/h3-6H,7-8H2,1-2H3. The second-order valence-electron chi connectivity index (χ2n) is 3.57. The predicted molar refractivity (Wildman–Crippen MR) is 65.0 cm³/mol. The van der Waals surface area contributed by atoms with Crippen LogP contribution in [0.25, 0.3) is 0 Å². The summed E-state index contributed by atoms with van der Waals surface area (Å²) in [7, 11) is 2.83. The lowest BCUT2D eigenvalue weighted by atomic mass is 10.1. The number of halogens is 1. The van der Waals surface area contributed by atoms with Crippen LogP contribution < -0.4 is 0 Å². The largest absolute Gasteiger partial charge is 0.468 e. The van der Waals surface area contributed by atoms with Gasteiger partial charge in [-0.2, -0.15) is 0 Å². The predicted octanol–water partition coefficient (Wildman–Crippen LogP) is 1.67. The molecule has 0 N–H and O–H groups in total. The van der Waals surface area contributed by atoms with Crippen LogP contribution in [0.4, 0.5) is 0 Å². The van der Waals surface area contributed by atoms with E-state index in [1.54, 1.807) is 25.2 Å². The molecule has 1 rings (SSSR count). The molecule has 0 aliphatic carbocycles. The third kappa shape index (κ3) is 3.75. The Bertz CT molecular complexity index is 420. The van der Waals surface area contributed by atoms with Gasteiger partial charge in [0.15, 0.2) is 0 Å². The Morgan fingerprint density at radius 2 is 2.12 bits per heavy atom. The Morgan fingerprint density at radius 3 is 2.71 bits per heavy atom. The minimum atomic E-state index is -0.450. The van der Waals surface area contributed by atoms with Gasteiger partial charge in [-0.1, -0.05) is 12.1 Å². The number of likely N-dealkylation sites (N-methyl/N-ethyl adjacent to an activating group) is 1. The van der Waals surface area contributed by atoms with Crippen LogP contribution >= 0.6 is 11.6 Å². The summed E-state index contributed by atoms with van der Waals surface area (Å²) in [5.41, 5.74) is 1.37. The summed E-state index contributed by atoms with van der Waals surface area (Å²) < 4.78 is 4.50. The van der Waals surface area contributed by atoms with Crippen molar-refractivity contribution in [2.24, 2.45) is 0 Å². The molecule has 0 aromatic heterocycles. The Kier molecular flexibility index (Phi) is 4.97. The van der Waals surface area contributed by atoms with Gasteiger partial charge in [0.1, 0.15) is 6.54 Å². The number of benzene rings is 1. The van der Waals surface area contributed by atoms with Crippen LogP contribution in [0.2, 0.25) is 0 Å². The van der Waals surface area contributed by atoms with Gasteiger partial charge in [-0.05, 0) is 17.7 Å². The normalized spacial score (nSPS) is 9.82. The Labute approximate surface area is 105 Å². The van der Waals surface area contributed by atoms with Gasteiger partial charge in [0.05, 0.1) is 7.11 Å². The first-order valence-corrected chi connectivity index (χ1v) is 5.59. The van der Waals surface area contributed by atoms with Crippen molar-refractivity contribution in [2.75, 3.05) is 20.7 Å². The molecule has 17 heavy (non-hydrogen) atoms. The number of rotatable bonds is 4. The van der Waals surface area contributed by atoms with E-state index in [1.807, 2.05) is 6.07 Å². The number of hydrogen-bond acceptors (Lipinski definition) is 3. The highest BCUT2D eigenvalue weighted by molar-refractivity contribution is 6.17. The molecular formula is C12H14ClNO3. The molecule has 1 aromatic carbocycles.